The molecule has 0 spiro atoms. The Labute approximate surface area is 96.1 Å². The van der Waals surface area contributed by atoms with Crippen molar-refractivity contribution in [3.63, 3.8) is 0 Å². The fourth-order valence-electron chi connectivity index (χ4n) is 1.01. The number of rotatable bonds is 4. The highest BCUT2D eigenvalue weighted by atomic mass is 79.9. The van der Waals surface area contributed by atoms with Crippen LogP contribution in [0.5, 0.6) is 0 Å². The Hall–Kier alpha value is -1.07. The molecule has 1 atom stereocenters. The van der Waals surface area contributed by atoms with Gasteiger partial charge in [-0.05, 0) is 31.2 Å². The van der Waals surface area contributed by atoms with Gasteiger partial charge in [-0.25, -0.2) is 4.79 Å². The summed E-state index contributed by atoms with van der Waals surface area (Å²) in [7, 11) is 0. The summed E-state index contributed by atoms with van der Waals surface area (Å²) in [5, 5.41) is 20.7. The molecule has 0 fully saturated rings. The molecule has 0 aliphatic carbocycles. The molecule has 0 radical (unpaired) electrons. The number of nitrogens with one attached hydrogen (secondary N) is 1. The number of hydrogen-bond acceptors (Lipinski definition) is 3. The lowest BCUT2D eigenvalue weighted by Gasteiger charge is -2.24. The van der Waals surface area contributed by atoms with E-state index in [2.05, 4.69) is 21.2 Å². The third kappa shape index (κ3) is 2.94. The third-order valence-corrected chi connectivity index (χ3v) is 2.58. The van der Waals surface area contributed by atoms with E-state index in [-0.39, 0.29) is 0 Å². The van der Waals surface area contributed by atoms with Gasteiger partial charge in [0, 0.05) is 10.2 Å². The van der Waals surface area contributed by atoms with Crippen LogP contribution in [0.15, 0.2) is 28.7 Å². The lowest BCUT2D eigenvalue weighted by Crippen LogP contribution is -2.46. The molecule has 0 saturated carbocycles. The molecule has 1 aromatic rings. The van der Waals surface area contributed by atoms with Crippen molar-refractivity contribution < 1.29 is 15.0 Å². The van der Waals surface area contributed by atoms with Crippen LogP contribution in [0.2, 0.25) is 0 Å². The molecule has 0 bridgehead atoms. The van der Waals surface area contributed by atoms with E-state index in [9.17, 15) is 4.79 Å². The molecule has 15 heavy (non-hydrogen) atoms. The number of anilines is 1. The summed E-state index contributed by atoms with van der Waals surface area (Å²) in [6.45, 7) is 0.954. The summed E-state index contributed by atoms with van der Waals surface area (Å²) in [6, 6.07) is 7.06. The Morgan fingerprint density at radius 1 is 1.47 bits per heavy atom. The maximum atomic E-state index is 10.9. The Morgan fingerprint density at radius 2 is 2.00 bits per heavy atom. The first kappa shape index (κ1) is 12.0. The summed E-state index contributed by atoms with van der Waals surface area (Å²) < 4.78 is 0.911. The molecular formula is C10H12BrNO3. The number of carboxylic acid groups (broad SMARTS) is 1. The van der Waals surface area contributed by atoms with Crippen molar-refractivity contribution in [3.05, 3.63) is 28.7 Å². The van der Waals surface area contributed by atoms with Gasteiger partial charge in [0.25, 0.3) is 0 Å². The number of aliphatic carboxylic acids is 1. The number of benzene rings is 1. The van der Waals surface area contributed by atoms with Crippen molar-refractivity contribution in [2.24, 2.45) is 0 Å². The molecule has 1 rings (SSSR count). The highest BCUT2D eigenvalue weighted by molar-refractivity contribution is 9.10. The number of halogens is 1. The van der Waals surface area contributed by atoms with E-state index in [0.717, 1.165) is 4.47 Å². The van der Waals surface area contributed by atoms with Gasteiger partial charge in [0.1, 0.15) is 0 Å². The molecule has 0 heterocycles. The summed E-state index contributed by atoms with van der Waals surface area (Å²) in [5.74, 6) is -1.09. The number of hydrogen-bond donors (Lipinski definition) is 3. The average Bonchev–Trinajstić information content (AvgIpc) is 2.21. The van der Waals surface area contributed by atoms with Crippen LogP contribution < -0.4 is 5.32 Å². The van der Waals surface area contributed by atoms with Crippen molar-refractivity contribution in [1.29, 1.82) is 0 Å². The number of aliphatic hydroxyl groups excluding tert-OH is 1. The lowest BCUT2D eigenvalue weighted by atomic mass is 10.0. The summed E-state index contributed by atoms with van der Waals surface area (Å²) >= 11 is 3.28. The van der Waals surface area contributed by atoms with Crippen LogP contribution in [0.25, 0.3) is 0 Å². The Kier molecular flexibility index (Phi) is 3.71. The molecule has 3 N–H and O–H groups in total. The van der Waals surface area contributed by atoms with Crippen molar-refractivity contribution in [3.8, 4) is 0 Å². The van der Waals surface area contributed by atoms with Crippen LogP contribution in [0.1, 0.15) is 6.92 Å². The summed E-state index contributed by atoms with van der Waals surface area (Å²) in [5.41, 5.74) is -0.703. The largest absolute Gasteiger partial charge is 0.479 e. The van der Waals surface area contributed by atoms with Crippen molar-refractivity contribution in [2.45, 2.75) is 12.5 Å². The second kappa shape index (κ2) is 4.63. The van der Waals surface area contributed by atoms with E-state index in [4.69, 9.17) is 10.2 Å². The molecule has 0 amide bonds. The predicted octanol–water partition coefficient (Wildman–Crippen LogP) is 1.70. The van der Waals surface area contributed by atoms with Crippen LogP contribution in [0.4, 0.5) is 5.69 Å². The van der Waals surface area contributed by atoms with Gasteiger partial charge in [-0.1, -0.05) is 15.9 Å². The Bertz CT molecular complexity index is 352. The van der Waals surface area contributed by atoms with Crippen molar-refractivity contribution in [2.75, 3.05) is 11.9 Å². The first-order valence-electron chi connectivity index (χ1n) is 4.36. The van der Waals surface area contributed by atoms with Crippen LogP contribution in [0.3, 0.4) is 0 Å². The SMILES string of the molecule is CC(CO)(Nc1ccc(Br)cc1)C(=O)O. The molecule has 0 aliphatic heterocycles. The molecule has 0 aromatic heterocycles. The smallest absolute Gasteiger partial charge is 0.331 e. The van der Waals surface area contributed by atoms with E-state index in [0.29, 0.717) is 5.69 Å². The van der Waals surface area contributed by atoms with Crippen LogP contribution in [-0.4, -0.2) is 28.3 Å². The first-order valence-corrected chi connectivity index (χ1v) is 5.15. The van der Waals surface area contributed by atoms with Gasteiger partial charge in [0.05, 0.1) is 6.61 Å². The van der Waals surface area contributed by atoms with E-state index in [1.807, 2.05) is 0 Å². The maximum Gasteiger partial charge on any atom is 0.331 e. The summed E-state index contributed by atoms with van der Waals surface area (Å²) in [4.78, 5) is 10.9. The Morgan fingerprint density at radius 3 is 2.40 bits per heavy atom. The second-order valence-corrected chi connectivity index (χ2v) is 4.34. The fourth-order valence-corrected chi connectivity index (χ4v) is 1.28. The minimum absolute atomic E-state index is 0.474. The van der Waals surface area contributed by atoms with E-state index >= 15 is 0 Å². The minimum atomic E-state index is -1.35. The van der Waals surface area contributed by atoms with Gasteiger partial charge in [-0.3, -0.25) is 0 Å². The standard InChI is InChI=1S/C10H12BrNO3/c1-10(6-13,9(14)15)12-8-4-2-7(11)3-5-8/h2-5,12-13H,6H2,1H3,(H,14,15). The van der Waals surface area contributed by atoms with Crippen molar-refractivity contribution >= 4 is 27.6 Å². The molecule has 82 valence electrons. The highest BCUT2D eigenvalue weighted by Crippen LogP contribution is 2.18. The molecule has 0 aliphatic rings. The van der Waals surface area contributed by atoms with Gasteiger partial charge < -0.3 is 15.5 Å². The summed E-state index contributed by atoms with van der Waals surface area (Å²) in [6.07, 6.45) is 0. The highest BCUT2D eigenvalue weighted by Gasteiger charge is 2.32. The topological polar surface area (TPSA) is 69.6 Å². The third-order valence-electron chi connectivity index (χ3n) is 2.05. The van der Waals surface area contributed by atoms with Gasteiger partial charge in [-0.15, -0.1) is 0 Å². The van der Waals surface area contributed by atoms with E-state index in [1.54, 1.807) is 24.3 Å². The van der Waals surface area contributed by atoms with Crippen LogP contribution in [0, 0.1) is 0 Å². The molecule has 5 heteroatoms. The van der Waals surface area contributed by atoms with Gasteiger partial charge in [-0.2, -0.15) is 0 Å². The number of aliphatic hydroxyl groups is 1. The van der Waals surface area contributed by atoms with E-state index in [1.165, 1.54) is 6.92 Å². The lowest BCUT2D eigenvalue weighted by molar-refractivity contribution is -0.143. The van der Waals surface area contributed by atoms with Crippen molar-refractivity contribution in [1.82, 2.24) is 0 Å². The number of carboxylic acids is 1. The molecule has 1 aromatic carbocycles. The zero-order chi connectivity index (χ0) is 11.5. The zero-order valence-corrected chi connectivity index (χ0v) is 9.78. The van der Waals surface area contributed by atoms with Gasteiger partial charge >= 0.3 is 5.97 Å². The Balaban J connectivity index is 2.84. The molecule has 4 nitrogen and oxygen atoms in total. The van der Waals surface area contributed by atoms with Gasteiger partial charge in [0.2, 0.25) is 0 Å². The predicted molar refractivity (Wildman–Crippen MR) is 60.9 cm³/mol. The van der Waals surface area contributed by atoms with E-state index < -0.39 is 18.1 Å². The number of carbonyl (C=O) groups is 1. The molecule has 0 saturated heterocycles. The monoisotopic (exact) mass is 273 g/mol. The van der Waals surface area contributed by atoms with Crippen LogP contribution >= 0.6 is 15.9 Å². The maximum absolute atomic E-state index is 10.9. The van der Waals surface area contributed by atoms with Gasteiger partial charge in [0.15, 0.2) is 5.54 Å². The minimum Gasteiger partial charge on any atom is -0.479 e. The molecule has 1 unspecified atom stereocenters. The first-order chi connectivity index (χ1) is 6.98. The quantitative estimate of drug-likeness (QED) is 0.781. The molecular weight excluding hydrogens is 262 g/mol. The average molecular weight is 274 g/mol. The fraction of sp³-hybridized carbons (Fsp3) is 0.300. The second-order valence-electron chi connectivity index (χ2n) is 3.43. The normalized spacial score (nSPS) is 14.3. The zero-order valence-electron chi connectivity index (χ0n) is 8.20. The van der Waals surface area contributed by atoms with Crippen LogP contribution in [-0.2, 0) is 4.79 Å².